The molecule has 0 aliphatic carbocycles. The van der Waals surface area contributed by atoms with Crippen LogP contribution in [0.3, 0.4) is 0 Å². The lowest BCUT2D eigenvalue weighted by Crippen LogP contribution is -2.20. The van der Waals surface area contributed by atoms with Gasteiger partial charge in [0, 0.05) is 12.0 Å². The summed E-state index contributed by atoms with van der Waals surface area (Å²) in [6, 6.07) is 1.98. The normalized spacial score (nSPS) is 12.3. The Morgan fingerprint density at radius 3 is 2.61 bits per heavy atom. The molecule has 0 bridgehead atoms. The molecule has 0 atom stereocenters. The molecular weight excluding hydrogens is 226 g/mol. The molecule has 0 unspecified atom stereocenters. The van der Waals surface area contributed by atoms with Gasteiger partial charge in [-0.3, -0.25) is 9.89 Å². The topological polar surface area (TPSA) is 50.2 Å². The summed E-state index contributed by atoms with van der Waals surface area (Å²) in [5.41, 5.74) is 2.78. The maximum absolute atomic E-state index is 12.3. The van der Waals surface area contributed by atoms with Crippen LogP contribution < -0.4 is 5.56 Å². The molecule has 1 N–H and O–H groups in total. The van der Waals surface area contributed by atoms with Gasteiger partial charge in [0.2, 0.25) is 0 Å². The molecule has 2 rings (SSSR count). The van der Waals surface area contributed by atoms with E-state index in [4.69, 9.17) is 0 Å². The first-order valence-corrected chi connectivity index (χ1v) is 6.42. The molecular formula is C14H21N3O. The number of pyridine rings is 1. The summed E-state index contributed by atoms with van der Waals surface area (Å²) in [7, 11) is 0. The summed E-state index contributed by atoms with van der Waals surface area (Å²) in [4.78, 5) is 16.8. The first kappa shape index (κ1) is 12.9. The van der Waals surface area contributed by atoms with Crippen molar-refractivity contribution in [2.24, 2.45) is 5.41 Å². The van der Waals surface area contributed by atoms with Crippen molar-refractivity contribution in [1.29, 1.82) is 0 Å². The largest absolute Gasteiger partial charge is 0.276 e. The zero-order valence-electron chi connectivity index (χ0n) is 11.8. The third-order valence-corrected chi connectivity index (χ3v) is 3.05. The lowest BCUT2D eigenvalue weighted by Gasteiger charge is -2.15. The van der Waals surface area contributed by atoms with E-state index < -0.39 is 0 Å². The van der Waals surface area contributed by atoms with Crippen LogP contribution in [-0.2, 0) is 12.8 Å². The highest BCUT2D eigenvalue weighted by molar-refractivity contribution is 5.43. The van der Waals surface area contributed by atoms with E-state index in [9.17, 15) is 4.79 Å². The van der Waals surface area contributed by atoms with Crippen LogP contribution >= 0.6 is 0 Å². The van der Waals surface area contributed by atoms with Crippen molar-refractivity contribution in [3.8, 4) is 0 Å². The van der Waals surface area contributed by atoms with E-state index >= 15 is 0 Å². The summed E-state index contributed by atoms with van der Waals surface area (Å²) >= 11 is 0. The molecule has 0 fully saturated rings. The predicted molar refractivity (Wildman–Crippen MR) is 73.1 cm³/mol. The molecule has 4 heteroatoms. The van der Waals surface area contributed by atoms with Crippen LogP contribution in [0.4, 0.5) is 0 Å². The van der Waals surface area contributed by atoms with E-state index in [-0.39, 0.29) is 11.0 Å². The number of H-pyrrole nitrogens is 1. The van der Waals surface area contributed by atoms with Gasteiger partial charge in [0.15, 0.2) is 5.65 Å². The second kappa shape index (κ2) is 4.26. The Hall–Kier alpha value is -1.58. The van der Waals surface area contributed by atoms with Gasteiger partial charge in [-0.2, -0.15) is 4.52 Å². The number of rotatable bonds is 2. The predicted octanol–water partition coefficient (Wildman–Crippen LogP) is 2.48. The average molecular weight is 247 g/mol. The minimum Gasteiger partial charge on any atom is -0.276 e. The summed E-state index contributed by atoms with van der Waals surface area (Å²) < 4.78 is 1.56. The maximum Gasteiger partial charge on any atom is 0.274 e. The van der Waals surface area contributed by atoms with E-state index in [1.54, 1.807) is 4.52 Å². The molecule has 4 nitrogen and oxygen atoms in total. The molecule has 2 aromatic heterocycles. The summed E-state index contributed by atoms with van der Waals surface area (Å²) in [5, 5.41) is 3.12. The van der Waals surface area contributed by atoms with Gasteiger partial charge in [0.05, 0.1) is 0 Å². The minimum absolute atomic E-state index is 0.0279. The molecule has 18 heavy (non-hydrogen) atoms. The van der Waals surface area contributed by atoms with E-state index in [0.717, 1.165) is 29.8 Å². The number of nitrogens with one attached hydrogen (secondary N) is 1. The summed E-state index contributed by atoms with van der Waals surface area (Å²) in [6.45, 7) is 10.4. The fraction of sp³-hybridized carbons (Fsp3) is 0.571. The Balaban J connectivity index is 2.59. The summed E-state index contributed by atoms with van der Waals surface area (Å²) in [6.07, 6.45) is 1.58. The molecule has 0 spiro atoms. The molecule has 98 valence electrons. The van der Waals surface area contributed by atoms with Crippen molar-refractivity contribution in [3.63, 3.8) is 0 Å². The number of nitrogens with zero attached hydrogens (tertiary/aromatic N) is 2. The Kier molecular flexibility index (Phi) is 3.05. The van der Waals surface area contributed by atoms with E-state index in [0.29, 0.717) is 5.65 Å². The third kappa shape index (κ3) is 2.33. The quantitative estimate of drug-likeness (QED) is 0.886. The Morgan fingerprint density at radius 1 is 1.39 bits per heavy atom. The standard InChI is InChI=1S/C14H21N3O/c1-6-10-9(2)7-12-15-11(8-14(3,4)5)16-17(12)13(10)18/h7H,6,8H2,1-5H3,(H,15,16). The third-order valence-electron chi connectivity index (χ3n) is 3.05. The van der Waals surface area contributed by atoms with Gasteiger partial charge in [-0.1, -0.05) is 27.7 Å². The second-order valence-corrected chi connectivity index (χ2v) is 6.07. The maximum atomic E-state index is 12.3. The number of hydrogen-bond donors (Lipinski definition) is 1. The number of aromatic nitrogens is 3. The highest BCUT2D eigenvalue weighted by atomic mass is 16.1. The molecule has 0 aliphatic heterocycles. The SMILES string of the molecule is CCc1c(C)cc2nc(CC(C)(C)C)[nH]n2c1=O. The lowest BCUT2D eigenvalue weighted by atomic mass is 9.92. The van der Waals surface area contributed by atoms with Crippen LogP contribution in [0.25, 0.3) is 5.65 Å². The van der Waals surface area contributed by atoms with E-state index in [1.807, 2.05) is 19.9 Å². The van der Waals surface area contributed by atoms with Crippen LogP contribution in [0.5, 0.6) is 0 Å². The minimum atomic E-state index is 0.0279. The van der Waals surface area contributed by atoms with Gasteiger partial charge >= 0.3 is 0 Å². The first-order valence-electron chi connectivity index (χ1n) is 6.42. The molecule has 0 saturated heterocycles. The van der Waals surface area contributed by atoms with Crippen molar-refractivity contribution in [2.45, 2.75) is 47.5 Å². The van der Waals surface area contributed by atoms with Gasteiger partial charge < -0.3 is 0 Å². The molecule has 2 heterocycles. The number of aromatic amines is 1. The number of fused-ring (bicyclic) bond motifs is 1. The second-order valence-electron chi connectivity index (χ2n) is 6.07. The highest BCUT2D eigenvalue weighted by Crippen LogP contribution is 2.18. The van der Waals surface area contributed by atoms with E-state index in [2.05, 4.69) is 30.9 Å². The zero-order valence-corrected chi connectivity index (χ0v) is 11.8. The van der Waals surface area contributed by atoms with Gasteiger partial charge in [0.25, 0.3) is 5.56 Å². The molecule has 0 radical (unpaired) electrons. The monoisotopic (exact) mass is 247 g/mol. The smallest absolute Gasteiger partial charge is 0.274 e. The van der Waals surface area contributed by atoms with Crippen LogP contribution in [0.1, 0.15) is 44.6 Å². The van der Waals surface area contributed by atoms with Crippen LogP contribution in [0.15, 0.2) is 10.9 Å². The highest BCUT2D eigenvalue weighted by Gasteiger charge is 2.16. The number of aryl methyl sites for hydroxylation is 1. The fourth-order valence-corrected chi connectivity index (χ4v) is 2.25. The van der Waals surface area contributed by atoms with Gasteiger partial charge in [0.1, 0.15) is 5.82 Å². The van der Waals surface area contributed by atoms with E-state index in [1.165, 1.54) is 0 Å². The lowest BCUT2D eigenvalue weighted by molar-refractivity contribution is 0.400. The Labute approximate surface area is 107 Å². The summed E-state index contributed by atoms with van der Waals surface area (Å²) in [5.74, 6) is 0.868. The Morgan fingerprint density at radius 2 is 2.06 bits per heavy atom. The van der Waals surface area contributed by atoms with Crippen molar-refractivity contribution >= 4 is 5.65 Å². The molecule has 0 amide bonds. The number of hydrogen-bond acceptors (Lipinski definition) is 2. The zero-order chi connectivity index (χ0) is 13.5. The van der Waals surface area contributed by atoms with Crippen molar-refractivity contribution in [2.75, 3.05) is 0 Å². The van der Waals surface area contributed by atoms with Gasteiger partial charge in [-0.15, -0.1) is 0 Å². The van der Waals surface area contributed by atoms with Crippen LogP contribution in [0, 0.1) is 12.3 Å². The fourth-order valence-electron chi connectivity index (χ4n) is 2.25. The van der Waals surface area contributed by atoms with Crippen LogP contribution in [0.2, 0.25) is 0 Å². The molecule has 0 saturated carbocycles. The average Bonchev–Trinajstić information content (AvgIpc) is 2.58. The molecule has 0 aliphatic rings. The van der Waals surface area contributed by atoms with Crippen molar-refractivity contribution < 1.29 is 0 Å². The van der Waals surface area contributed by atoms with Gasteiger partial charge in [-0.05, 0) is 30.4 Å². The first-order chi connectivity index (χ1) is 8.31. The van der Waals surface area contributed by atoms with Gasteiger partial charge in [-0.25, -0.2) is 4.98 Å². The molecule has 2 aromatic rings. The van der Waals surface area contributed by atoms with Crippen LogP contribution in [-0.4, -0.2) is 14.6 Å². The van der Waals surface area contributed by atoms with Crippen molar-refractivity contribution in [3.05, 3.63) is 33.4 Å². The molecule has 0 aromatic carbocycles. The Bertz CT molecular complexity index is 629. The van der Waals surface area contributed by atoms with Crippen molar-refractivity contribution in [1.82, 2.24) is 14.6 Å².